The number of ether oxygens (including phenoxy) is 1. The summed E-state index contributed by atoms with van der Waals surface area (Å²) in [6.07, 6.45) is 2.13. The predicted octanol–water partition coefficient (Wildman–Crippen LogP) is 3.01. The lowest BCUT2D eigenvalue weighted by Gasteiger charge is -2.41. The molecule has 98 valence electrons. The van der Waals surface area contributed by atoms with Crippen LogP contribution in [0.25, 0.3) is 0 Å². The van der Waals surface area contributed by atoms with Gasteiger partial charge in [0.05, 0.1) is 19.3 Å². The first-order valence-corrected chi connectivity index (χ1v) is 7.58. The second-order valence-electron chi connectivity index (χ2n) is 5.17. The maximum absolute atomic E-state index is 13.9. The van der Waals surface area contributed by atoms with Crippen LogP contribution in [0.2, 0.25) is 0 Å². The minimum absolute atomic E-state index is 0.0349. The van der Waals surface area contributed by atoms with Gasteiger partial charge in [0.2, 0.25) is 0 Å². The van der Waals surface area contributed by atoms with Gasteiger partial charge in [-0.3, -0.25) is 4.90 Å². The lowest BCUT2D eigenvalue weighted by Crippen LogP contribution is -2.51. The molecule has 0 atom stereocenters. The lowest BCUT2D eigenvalue weighted by molar-refractivity contribution is -0.0713. The second-order valence-corrected chi connectivity index (χ2v) is 6.41. The van der Waals surface area contributed by atoms with Gasteiger partial charge in [-0.25, -0.2) is 4.39 Å². The Bertz CT molecular complexity index is 428. The van der Waals surface area contributed by atoms with Gasteiger partial charge in [-0.1, -0.05) is 6.07 Å². The minimum atomic E-state index is -0.0349. The van der Waals surface area contributed by atoms with E-state index in [0.29, 0.717) is 12.0 Å². The van der Waals surface area contributed by atoms with Gasteiger partial charge in [-0.2, -0.15) is 0 Å². The molecule has 2 heterocycles. The maximum Gasteiger partial charge on any atom is 0.127 e. The average Bonchev–Trinajstić information content (AvgIpc) is 2.28. The molecule has 0 radical (unpaired) electrons. The third kappa shape index (κ3) is 2.56. The van der Waals surface area contributed by atoms with Crippen molar-refractivity contribution in [1.82, 2.24) is 4.90 Å². The molecule has 1 aromatic rings. The molecule has 0 spiro atoms. The molecule has 4 heteroatoms. The zero-order valence-electron chi connectivity index (χ0n) is 10.2. The minimum Gasteiger partial charge on any atom is -0.378 e. The van der Waals surface area contributed by atoms with Crippen molar-refractivity contribution in [3.8, 4) is 0 Å². The van der Waals surface area contributed by atoms with E-state index >= 15 is 0 Å². The van der Waals surface area contributed by atoms with Gasteiger partial charge < -0.3 is 4.74 Å². The summed E-state index contributed by atoms with van der Waals surface area (Å²) >= 11 is 2.16. The summed E-state index contributed by atoms with van der Waals surface area (Å²) in [6.45, 7) is 3.90. The van der Waals surface area contributed by atoms with Gasteiger partial charge >= 0.3 is 0 Å². The van der Waals surface area contributed by atoms with Crippen molar-refractivity contribution in [2.24, 2.45) is 0 Å². The zero-order chi connectivity index (χ0) is 12.5. The number of hydrogen-bond donors (Lipinski definition) is 0. The molecular weight excluding hydrogens is 344 g/mol. The summed E-state index contributed by atoms with van der Waals surface area (Å²) in [5.74, 6) is 0.353. The summed E-state index contributed by atoms with van der Waals surface area (Å²) in [5.41, 5.74) is 0.903. The Kier molecular flexibility index (Phi) is 3.86. The van der Waals surface area contributed by atoms with Crippen LogP contribution in [0.5, 0.6) is 0 Å². The van der Waals surface area contributed by atoms with Gasteiger partial charge in [-0.05, 0) is 72.1 Å². The van der Waals surface area contributed by atoms with Crippen molar-refractivity contribution < 1.29 is 9.13 Å². The standard InChI is InChI=1S/C14H17FINO/c15-14-7-11(16)1-2-13(14)10-3-5-17(6-4-10)12-8-18-9-12/h1-2,7,10,12H,3-6,8-9H2. The quantitative estimate of drug-likeness (QED) is 0.751. The number of benzene rings is 1. The molecule has 0 N–H and O–H groups in total. The molecule has 0 aromatic heterocycles. The molecule has 2 saturated heterocycles. The van der Waals surface area contributed by atoms with E-state index in [-0.39, 0.29) is 5.82 Å². The van der Waals surface area contributed by atoms with Gasteiger partial charge in [0.1, 0.15) is 5.82 Å². The van der Waals surface area contributed by atoms with Crippen LogP contribution in [-0.4, -0.2) is 37.2 Å². The zero-order valence-corrected chi connectivity index (χ0v) is 12.4. The van der Waals surface area contributed by atoms with Gasteiger partial charge in [0.15, 0.2) is 0 Å². The first kappa shape index (κ1) is 12.8. The highest BCUT2D eigenvalue weighted by Crippen LogP contribution is 2.31. The Labute approximate surface area is 121 Å². The van der Waals surface area contributed by atoms with E-state index in [1.807, 2.05) is 12.1 Å². The van der Waals surface area contributed by atoms with Crippen molar-refractivity contribution in [1.29, 1.82) is 0 Å². The SMILES string of the molecule is Fc1cc(I)ccc1C1CCN(C2COC2)CC1. The van der Waals surface area contributed by atoms with Crippen molar-refractivity contribution in [2.45, 2.75) is 24.8 Å². The summed E-state index contributed by atoms with van der Waals surface area (Å²) < 4.78 is 20.1. The molecule has 2 aliphatic rings. The van der Waals surface area contributed by atoms with Crippen LogP contribution in [0.1, 0.15) is 24.3 Å². The smallest absolute Gasteiger partial charge is 0.127 e. The van der Waals surface area contributed by atoms with Crippen LogP contribution in [-0.2, 0) is 4.74 Å². The fraction of sp³-hybridized carbons (Fsp3) is 0.571. The topological polar surface area (TPSA) is 12.5 Å². The fourth-order valence-electron chi connectivity index (χ4n) is 2.84. The molecule has 2 aliphatic heterocycles. The van der Waals surface area contributed by atoms with Gasteiger partial charge in [0.25, 0.3) is 0 Å². The maximum atomic E-state index is 13.9. The van der Waals surface area contributed by atoms with Gasteiger partial charge in [-0.15, -0.1) is 0 Å². The summed E-state index contributed by atoms with van der Waals surface area (Å²) in [4.78, 5) is 2.49. The molecule has 0 amide bonds. The highest BCUT2D eigenvalue weighted by molar-refractivity contribution is 14.1. The van der Waals surface area contributed by atoms with Crippen LogP contribution >= 0.6 is 22.6 Å². The molecule has 2 nitrogen and oxygen atoms in total. The Hall–Kier alpha value is -0.200. The Morgan fingerprint density at radius 2 is 1.94 bits per heavy atom. The first-order valence-electron chi connectivity index (χ1n) is 6.51. The number of nitrogens with zero attached hydrogens (tertiary/aromatic N) is 1. The lowest BCUT2D eigenvalue weighted by atomic mass is 9.88. The van der Waals surface area contributed by atoms with E-state index in [0.717, 1.165) is 48.3 Å². The van der Waals surface area contributed by atoms with Gasteiger partial charge in [0, 0.05) is 3.57 Å². The van der Waals surface area contributed by atoms with Crippen LogP contribution in [0, 0.1) is 9.39 Å². The van der Waals surface area contributed by atoms with Crippen molar-refractivity contribution in [3.05, 3.63) is 33.1 Å². The van der Waals surface area contributed by atoms with E-state index in [1.54, 1.807) is 6.07 Å². The van der Waals surface area contributed by atoms with E-state index in [1.165, 1.54) is 0 Å². The number of hydrogen-bond acceptors (Lipinski definition) is 2. The number of halogens is 2. The summed E-state index contributed by atoms with van der Waals surface area (Å²) in [6, 6.07) is 6.23. The monoisotopic (exact) mass is 361 g/mol. The van der Waals surface area contributed by atoms with Crippen LogP contribution < -0.4 is 0 Å². The number of rotatable bonds is 2. The summed E-state index contributed by atoms with van der Waals surface area (Å²) in [7, 11) is 0. The molecule has 2 fully saturated rings. The van der Waals surface area contributed by atoms with E-state index < -0.39 is 0 Å². The first-order chi connectivity index (χ1) is 8.74. The molecule has 0 unspecified atom stereocenters. The third-order valence-corrected chi connectivity index (χ3v) is 4.74. The molecule has 0 aliphatic carbocycles. The average molecular weight is 361 g/mol. The molecule has 0 bridgehead atoms. The van der Waals surface area contributed by atoms with Crippen molar-refractivity contribution >= 4 is 22.6 Å². The van der Waals surface area contributed by atoms with E-state index in [4.69, 9.17) is 4.74 Å². The number of likely N-dealkylation sites (tertiary alicyclic amines) is 1. The van der Waals surface area contributed by atoms with Crippen LogP contribution in [0.4, 0.5) is 4.39 Å². The second kappa shape index (κ2) is 5.43. The van der Waals surface area contributed by atoms with Crippen molar-refractivity contribution in [3.63, 3.8) is 0 Å². The molecule has 0 saturated carbocycles. The number of piperidine rings is 1. The highest BCUT2D eigenvalue weighted by atomic mass is 127. The van der Waals surface area contributed by atoms with Crippen molar-refractivity contribution in [2.75, 3.05) is 26.3 Å². The Balaban J connectivity index is 1.64. The highest BCUT2D eigenvalue weighted by Gasteiger charge is 2.30. The molecular formula is C14H17FINO. The largest absolute Gasteiger partial charge is 0.378 e. The molecule has 1 aromatic carbocycles. The molecule has 18 heavy (non-hydrogen) atoms. The van der Waals surface area contributed by atoms with E-state index in [2.05, 4.69) is 27.5 Å². The molecule has 3 rings (SSSR count). The fourth-order valence-corrected chi connectivity index (χ4v) is 3.30. The van der Waals surface area contributed by atoms with Crippen LogP contribution in [0.3, 0.4) is 0 Å². The normalized spacial score (nSPS) is 23.0. The Morgan fingerprint density at radius 3 is 2.50 bits per heavy atom. The summed E-state index contributed by atoms with van der Waals surface area (Å²) in [5, 5.41) is 0. The predicted molar refractivity (Wildman–Crippen MR) is 77.3 cm³/mol. The Morgan fingerprint density at radius 1 is 1.22 bits per heavy atom. The van der Waals surface area contributed by atoms with E-state index in [9.17, 15) is 4.39 Å². The third-order valence-electron chi connectivity index (χ3n) is 4.07. The van der Waals surface area contributed by atoms with Crippen LogP contribution in [0.15, 0.2) is 18.2 Å².